The van der Waals surface area contributed by atoms with Gasteiger partial charge >= 0.3 is 0 Å². The van der Waals surface area contributed by atoms with Crippen LogP contribution < -0.4 is 4.90 Å². The first-order valence-electron chi connectivity index (χ1n) is 6.06. The standard InChI is InChI=1S/C15H8BrF2NO2/c16-9-3-8(4-11(18)5-9)7-19-13-2-1-10(17)6-12(13)14(20)15(19)21/h1-6H,7H2. The van der Waals surface area contributed by atoms with Gasteiger partial charge in [-0.2, -0.15) is 0 Å². The molecule has 3 nitrogen and oxygen atoms in total. The third-order valence-corrected chi connectivity index (χ3v) is 3.65. The van der Waals surface area contributed by atoms with Crippen LogP contribution in [0.1, 0.15) is 15.9 Å². The monoisotopic (exact) mass is 351 g/mol. The van der Waals surface area contributed by atoms with Crippen LogP contribution in [-0.2, 0) is 11.3 Å². The highest BCUT2D eigenvalue weighted by Crippen LogP contribution is 2.31. The summed E-state index contributed by atoms with van der Waals surface area (Å²) in [6, 6.07) is 7.83. The van der Waals surface area contributed by atoms with Gasteiger partial charge in [0.1, 0.15) is 11.6 Å². The van der Waals surface area contributed by atoms with Crippen LogP contribution in [0.2, 0.25) is 0 Å². The molecule has 0 radical (unpaired) electrons. The summed E-state index contributed by atoms with van der Waals surface area (Å²) < 4.78 is 27.1. The van der Waals surface area contributed by atoms with Gasteiger partial charge < -0.3 is 4.90 Å². The highest BCUT2D eigenvalue weighted by molar-refractivity contribution is 9.10. The number of amides is 1. The first-order valence-corrected chi connectivity index (χ1v) is 6.86. The van der Waals surface area contributed by atoms with Gasteiger partial charge in [-0.1, -0.05) is 15.9 Å². The summed E-state index contributed by atoms with van der Waals surface area (Å²) in [6.45, 7) is 0.0412. The summed E-state index contributed by atoms with van der Waals surface area (Å²) in [6.07, 6.45) is 0. The molecule has 6 heteroatoms. The predicted octanol–water partition coefficient (Wildman–Crippen LogP) is 3.46. The molecule has 0 N–H and O–H groups in total. The number of halogens is 3. The molecule has 0 spiro atoms. The topological polar surface area (TPSA) is 37.4 Å². The number of carbonyl (C=O) groups is 2. The van der Waals surface area contributed by atoms with Crippen molar-refractivity contribution >= 4 is 33.3 Å². The number of hydrogen-bond donors (Lipinski definition) is 0. The summed E-state index contributed by atoms with van der Waals surface area (Å²) in [4.78, 5) is 25.1. The predicted molar refractivity (Wildman–Crippen MR) is 76.0 cm³/mol. The first kappa shape index (κ1) is 13.9. The fourth-order valence-corrected chi connectivity index (χ4v) is 2.83. The van der Waals surface area contributed by atoms with Crippen molar-refractivity contribution in [2.45, 2.75) is 6.54 Å². The summed E-state index contributed by atoms with van der Waals surface area (Å²) in [7, 11) is 0. The molecule has 21 heavy (non-hydrogen) atoms. The van der Waals surface area contributed by atoms with Crippen molar-refractivity contribution in [1.82, 2.24) is 0 Å². The lowest BCUT2D eigenvalue weighted by molar-refractivity contribution is -0.114. The average Bonchev–Trinajstić information content (AvgIpc) is 2.63. The molecule has 0 saturated carbocycles. The fourth-order valence-electron chi connectivity index (χ4n) is 2.31. The second-order valence-corrected chi connectivity index (χ2v) is 5.58. The number of anilines is 1. The Morgan fingerprint density at radius 2 is 1.76 bits per heavy atom. The second-order valence-electron chi connectivity index (χ2n) is 4.66. The summed E-state index contributed by atoms with van der Waals surface area (Å²) in [5, 5.41) is 0. The van der Waals surface area contributed by atoms with Gasteiger partial charge in [0.2, 0.25) is 0 Å². The molecule has 1 amide bonds. The molecular weight excluding hydrogens is 344 g/mol. The molecule has 0 atom stereocenters. The van der Waals surface area contributed by atoms with Crippen molar-refractivity contribution in [1.29, 1.82) is 0 Å². The van der Waals surface area contributed by atoms with Gasteiger partial charge in [-0.15, -0.1) is 0 Å². The Morgan fingerprint density at radius 1 is 1.00 bits per heavy atom. The van der Waals surface area contributed by atoms with Gasteiger partial charge in [0.15, 0.2) is 0 Å². The Morgan fingerprint density at radius 3 is 2.48 bits per heavy atom. The molecule has 0 aromatic heterocycles. The van der Waals surface area contributed by atoms with Gasteiger partial charge in [-0.3, -0.25) is 9.59 Å². The smallest absolute Gasteiger partial charge is 0.299 e. The number of benzene rings is 2. The van der Waals surface area contributed by atoms with Crippen molar-refractivity contribution in [3.05, 3.63) is 63.6 Å². The van der Waals surface area contributed by atoms with Crippen LogP contribution in [0.3, 0.4) is 0 Å². The second kappa shape index (κ2) is 5.04. The Hall–Kier alpha value is -2.08. The maximum atomic E-state index is 13.4. The summed E-state index contributed by atoms with van der Waals surface area (Å²) in [5.74, 6) is -2.52. The van der Waals surface area contributed by atoms with E-state index < -0.39 is 23.3 Å². The van der Waals surface area contributed by atoms with E-state index >= 15 is 0 Å². The van der Waals surface area contributed by atoms with Crippen LogP contribution in [0, 0.1) is 11.6 Å². The highest BCUT2D eigenvalue weighted by atomic mass is 79.9. The molecule has 0 saturated heterocycles. The van der Waals surface area contributed by atoms with Crippen LogP contribution in [0.25, 0.3) is 0 Å². The highest BCUT2D eigenvalue weighted by Gasteiger charge is 2.36. The Bertz CT molecular complexity index is 756. The molecule has 0 unspecified atom stereocenters. The minimum absolute atomic E-state index is 0.0375. The summed E-state index contributed by atoms with van der Waals surface area (Å²) >= 11 is 3.17. The average molecular weight is 352 g/mol. The zero-order valence-electron chi connectivity index (χ0n) is 10.6. The van der Waals surface area contributed by atoms with Crippen LogP contribution in [0.5, 0.6) is 0 Å². The lowest BCUT2D eigenvalue weighted by Gasteiger charge is -2.16. The van der Waals surface area contributed by atoms with Crippen LogP contribution >= 0.6 is 15.9 Å². The molecule has 2 aromatic rings. The molecule has 1 heterocycles. The fraction of sp³-hybridized carbons (Fsp3) is 0.0667. The van der Waals surface area contributed by atoms with Crippen LogP contribution in [0.15, 0.2) is 40.9 Å². The van der Waals surface area contributed by atoms with E-state index in [1.165, 1.54) is 29.2 Å². The molecule has 0 fully saturated rings. The number of Topliss-reactive ketones (excluding diaryl/α,β-unsaturated/α-hetero) is 1. The molecule has 2 aromatic carbocycles. The first-order chi connectivity index (χ1) is 9.95. The number of carbonyl (C=O) groups excluding carboxylic acids is 2. The van der Waals surface area contributed by atoms with Crippen molar-refractivity contribution < 1.29 is 18.4 Å². The zero-order chi connectivity index (χ0) is 15.1. The number of rotatable bonds is 2. The SMILES string of the molecule is O=C1C(=O)N(Cc2cc(F)cc(Br)c2)c2ccc(F)cc21. The van der Waals surface area contributed by atoms with Crippen molar-refractivity contribution in [3.63, 3.8) is 0 Å². The summed E-state index contributed by atoms with van der Waals surface area (Å²) in [5.41, 5.74) is 0.905. The van der Waals surface area contributed by atoms with Crippen molar-refractivity contribution in [2.24, 2.45) is 0 Å². The molecule has 1 aliphatic rings. The zero-order valence-corrected chi connectivity index (χ0v) is 12.2. The molecule has 0 bridgehead atoms. The number of ketones is 1. The van der Waals surface area contributed by atoms with E-state index in [0.29, 0.717) is 15.7 Å². The Balaban J connectivity index is 2.00. The van der Waals surface area contributed by atoms with Gasteiger partial charge in [0.25, 0.3) is 11.7 Å². The minimum Gasteiger partial charge on any atom is -0.300 e. The minimum atomic E-state index is -0.750. The van der Waals surface area contributed by atoms with E-state index in [1.807, 2.05) is 0 Å². The van der Waals surface area contributed by atoms with E-state index in [4.69, 9.17) is 0 Å². The van der Waals surface area contributed by atoms with E-state index in [-0.39, 0.29) is 12.1 Å². The third-order valence-electron chi connectivity index (χ3n) is 3.20. The van der Waals surface area contributed by atoms with E-state index in [0.717, 1.165) is 6.07 Å². The lowest BCUT2D eigenvalue weighted by atomic mass is 10.1. The Labute approximate surface area is 127 Å². The van der Waals surface area contributed by atoms with Gasteiger partial charge in [-0.25, -0.2) is 8.78 Å². The van der Waals surface area contributed by atoms with E-state index in [2.05, 4.69) is 15.9 Å². The maximum absolute atomic E-state index is 13.4. The van der Waals surface area contributed by atoms with E-state index in [1.54, 1.807) is 6.07 Å². The van der Waals surface area contributed by atoms with Crippen LogP contribution in [-0.4, -0.2) is 11.7 Å². The molecule has 0 aliphatic carbocycles. The number of nitrogens with zero attached hydrogens (tertiary/aromatic N) is 1. The molecule has 3 rings (SSSR count). The normalized spacial score (nSPS) is 13.8. The van der Waals surface area contributed by atoms with Crippen molar-refractivity contribution in [3.8, 4) is 0 Å². The van der Waals surface area contributed by atoms with Crippen LogP contribution in [0.4, 0.5) is 14.5 Å². The largest absolute Gasteiger partial charge is 0.300 e. The number of hydrogen-bond acceptors (Lipinski definition) is 2. The van der Waals surface area contributed by atoms with E-state index in [9.17, 15) is 18.4 Å². The third kappa shape index (κ3) is 2.47. The maximum Gasteiger partial charge on any atom is 0.299 e. The van der Waals surface area contributed by atoms with Gasteiger partial charge in [0, 0.05) is 4.47 Å². The van der Waals surface area contributed by atoms with Gasteiger partial charge in [-0.05, 0) is 42.0 Å². The lowest BCUT2D eigenvalue weighted by Crippen LogP contribution is -2.29. The quantitative estimate of drug-likeness (QED) is 0.777. The molecule has 106 valence electrons. The van der Waals surface area contributed by atoms with Gasteiger partial charge in [0.05, 0.1) is 17.8 Å². The number of fused-ring (bicyclic) bond motifs is 1. The van der Waals surface area contributed by atoms with Crippen molar-refractivity contribution in [2.75, 3.05) is 4.90 Å². The molecular formula is C15H8BrF2NO2. The molecule has 1 aliphatic heterocycles. The Kier molecular flexibility index (Phi) is 3.33.